The zero-order valence-electron chi connectivity index (χ0n) is 16.2. The number of hydrogen-bond acceptors (Lipinski definition) is 3. The van der Waals surface area contributed by atoms with Crippen molar-refractivity contribution >= 4 is 5.91 Å². The van der Waals surface area contributed by atoms with E-state index in [9.17, 15) is 4.79 Å². The molecule has 140 valence electrons. The maximum atomic E-state index is 12.3. The van der Waals surface area contributed by atoms with E-state index in [0.29, 0.717) is 42.5 Å². The van der Waals surface area contributed by atoms with Gasteiger partial charge in [0.05, 0.1) is 12.2 Å². The van der Waals surface area contributed by atoms with Gasteiger partial charge in [-0.25, -0.2) is 0 Å². The highest BCUT2D eigenvalue weighted by Crippen LogP contribution is 2.50. The third-order valence-electron chi connectivity index (χ3n) is 5.48. The Labute approximate surface area is 148 Å². The van der Waals surface area contributed by atoms with Gasteiger partial charge in [-0.2, -0.15) is 0 Å². The van der Waals surface area contributed by atoms with Gasteiger partial charge in [-0.3, -0.25) is 4.79 Å². The van der Waals surface area contributed by atoms with E-state index in [1.165, 1.54) is 12.8 Å². The van der Waals surface area contributed by atoms with Gasteiger partial charge in [-0.1, -0.05) is 13.8 Å². The first-order valence-electron chi connectivity index (χ1n) is 9.91. The maximum Gasteiger partial charge on any atom is 0.222 e. The quantitative estimate of drug-likeness (QED) is 0.595. The second kappa shape index (κ2) is 9.19. The lowest BCUT2D eigenvalue weighted by Gasteiger charge is -2.52. The van der Waals surface area contributed by atoms with Crippen molar-refractivity contribution in [3.8, 4) is 0 Å². The molecular weight excluding hydrogens is 302 g/mol. The minimum atomic E-state index is 0.312. The van der Waals surface area contributed by atoms with Crippen molar-refractivity contribution in [1.29, 1.82) is 0 Å². The maximum absolute atomic E-state index is 12.3. The molecule has 0 aromatic rings. The molecule has 1 aliphatic carbocycles. The largest absolute Gasteiger partial charge is 0.381 e. The lowest BCUT2D eigenvalue weighted by atomic mass is 9.61. The Hall–Kier alpha value is -0.610. The lowest BCUT2D eigenvalue weighted by molar-refractivity contribution is -0.143. The minimum absolute atomic E-state index is 0.312. The Morgan fingerprint density at radius 1 is 1.12 bits per heavy atom. The summed E-state index contributed by atoms with van der Waals surface area (Å²) < 4.78 is 11.5. The van der Waals surface area contributed by atoms with Crippen molar-refractivity contribution < 1.29 is 14.3 Å². The molecule has 4 nitrogen and oxygen atoms in total. The number of amides is 1. The average molecular weight is 340 g/mol. The first-order chi connectivity index (χ1) is 11.4. The summed E-state index contributed by atoms with van der Waals surface area (Å²) in [5.74, 6) is 0.996. The van der Waals surface area contributed by atoms with E-state index in [0.717, 1.165) is 45.4 Å². The Morgan fingerprint density at radius 3 is 2.38 bits per heavy atom. The van der Waals surface area contributed by atoms with E-state index in [1.54, 1.807) is 0 Å². The number of carbonyl (C=O) groups excluding carboxylic acids is 1. The summed E-state index contributed by atoms with van der Waals surface area (Å²) in [7, 11) is 0. The van der Waals surface area contributed by atoms with Gasteiger partial charge in [0.15, 0.2) is 0 Å². The SMILES string of the molecule is CC(C)CCOCCCC(=O)N1CCC2(CC1)CC(OC(C)C)C2. The molecule has 0 bridgehead atoms. The zero-order chi connectivity index (χ0) is 17.6. The molecule has 2 fully saturated rings. The Balaban J connectivity index is 1.55. The number of carbonyl (C=O) groups is 1. The van der Waals surface area contributed by atoms with E-state index in [2.05, 4.69) is 32.6 Å². The number of ether oxygens (including phenoxy) is 2. The average Bonchev–Trinajstić information content (AvgIpc) is 2.49. The molecule has 0 aromatic carbocycles. The molecule has 2 aliphatic rings. The topological polar surface area (TPSA) is 38.8 Å². The molecule has 0 atom stereocenters. The Kier molecular flexibility index (Phi) is 7.55. The van der Waals surface area contributed by atoms with Gasteiger partial charge in [0.25, 0.3) is 0 Å². The van der Waals surface area contributed by atoms with E-state index in [-0.39, 0.29) is 0 Å². The fraction of sp³-hybridized carbons (Fsp3) is 0.950. The predicted octanol–water partition coefficient (Wildman–Crippen LogP) is 4.03. The standard InChI is InChI=1S/C20H37NO3/c1-16(2)7-13-23-12-5-6-19(22)21-10-8-20(9-11-21)14-18(15-20)24-17(3)4/h16-18H,5-15H2,1-4H3. The van der Waals surface area contributed by atoms with Crippen LogP contribution in [0.5, 0.6) is 0 Å². The highest BCUT2D eigenvalue weighted by Gasteiger charge is 2.46. The molecule has 0 aromatic heterocycles. The third kappa shape index (κ3) is 6.03. The van der Waals surface area contributed by atoms with Crippen molar-refractivity contribution in [3.05, 3.63) is 0 Å². The van der Waals surface area contributed by atoms with Crippen molar-refractivity contribution in [2.24, 2.45) is 11.3 Å². The van der Waals surface area contributed by atoms with Crippen molar-refractivity contribution in [3.63, 3.8) is 0 Å². The fourth-order valence-corrected chi connectivity index (χ4v) is 3.93. The highest BCUT2D eigenvalue weighted by atomic mass is 16.5. The number of hydrogen-bond donors (Lipinski definition) is 0. The van der Waals surface area contributed by atoms with E-state index < -0.39 is 0 Å². The van der Waals surface area contributed by atoms with Gasteiger partial charge in [-0.05, 0) is 63.7 Å². The van der Waals surface area contributed by atoms with Crippen LogP contribution in [0.4, 0.5) is 0 Å². The molecule has 1 amide bonds. The summed E-state index contributed by atoms with van der Waals surface area (Å²) in [6, 6.07) is 0. The first kappa shape index (κ1) is 19.7. The van der Waals surface area contributed by atoms with Gasteiger partial charge < -0.3 is 14.4 Å². The molecule has 0 unspecified atom stereocenters. The molecule has 1 spiro atoms. The molecule has 1 saturated carbocycles. The van der Waals surface area contributed by atoms with Crippen LogP contribution in [-0.4, -0.2) is 49.3 Å². The molecule has 1 saturated heterocycles. The van der Waals surface area contributed by atoms with Crippen LogP contribution in [0.2, 0.25) is 0 Å². The second-order valence-electron chi connectivity index (χ2n) is 8.49. The zero-order valence-corrected chi connectivity index (χ0v) is 16.2. The van der Waals surface area contributed by atoms with Gasteiger partial charge >= 0.3 is 0 Å². The van der Waals surface area contributed by atoms with E-state index >= 15 is 0 Å². The van der Waals surface area contributed by atoms with Crippen molar-refractivity contribution in [2.75, 3.05) is 26.3 Å². The smallest absolute Gasteiger partial charge is 0.222 e. The normalized spacial score (nSPS) is 20.8. The Bertz CT molecular complexity index is 378. The van der Waals surface area contributed by atoms with Gasteiger partial charge in [0.2, 0.25) is 5.91 Å². The number of likely N-dealkylation sites (tertiary alicyclic amines) is 1. The van der Waals surface area contributed by atoms with Gasteiger partial charge in [0, 0.05) is 32.7 Å². The molecule has 0 radical (unpaired) electrons. The number of rotatable bonds is 9. The summed E-state index contributed by atoms with van der Waals surface area (Å²) in [5.41, 5.74) is 0.469. The van der Waals surface area contributed by atoms with Crippen LogP contribution in [0.15, 0.2) is 0 Å². The van der Waals surface area contributed by atoms with Crippen LogP contribution in [0, 0.1) is 11.3 Å². The molecule has 1 aliphatic heterocycles. The molecule has 1 heterocycles. The van der Waals surface area contributed by atoms with Crippen LogP contribution < -0.4 is 0 Å². The molecule has 4 heteroatoms. The van der Waals surface area contributed by atoms with Crippen LogP contribution in [0.1, 0.15) is 72.6 Å². The fourth-order valence-electron chi connectivity index (χ4n) is 3.93. The van der Waals surface area contributed by atoms with Crippen molar-refractivity contribution in [1.82, 2.24) is 4.90 Å². The van der Waals surface area contributed by atoms with E-state index in [1.807, 2.05) is 0 Å². The summed E-state index contributed by atoms with van der Waals surface area (Å²) in [6.07, 6.45) is 8.06. The summed E-state index contributed by atoms with van der Waals surface area (Å²) >= 11 is 0. The Morgan fingerprint density at radius 2 is 1.79 bits per heavy atom. The van der Waals surface area contributed by atoms with Crippen LogP contribution in [0.25, 0.3) is 0 Å². The predicted molar refractivity (Wildman–Crippen MR) is 97.0 cm³/mol. The molecule has 0 N–H and O–H groups in total. The molecule has 24 heavy (non-hydrogen) atoms. The summed E-state index contributed by atoms with van der Waals surface area (Å²) in [6.45, 7) is 12.0. The third-order valence-corrected chi connectivity index (χ3v) is 5.48. The number of piperidine rings is 1. The first-order valence-corrected chi connectivity index (χ1v) is 9.91. The number of nitrogens with zero attached hydrogens (tertiary/aromatic N) is 1. The highest BCUT2D eigenvalue weighted by molar-refractivity contribution is 5.76. The minimum Gasteiger partial charge on any atom is -0.381 e. The van der Waals surface area contributed by atoms with Crippen LogP contribution in [0.3, 0.4) is 0 Å². The van der Waals surface area contributed by atoms with Crippen LogP contribution >= 0.6 is 0 Å². The van der Waals surface area contributed by atoms with E-state index in [4.69, 9.17) is 9.47 Å². The van der Waals surface area contributed by atoms with Crippen LogP contribution in [-0.2, 0) is 14.3 Å². The van der Waals surface area contributed by atoms with Gasteiger partial charge in [-0.15, -0.1) is 0 Å². The van der Waals surface area contributed by atoms with Gasteiger partial charge in [0.1, 0.15) is 0 Å². The molecular formula is C20H37NO3. The monoisotopic (exact) mass is 339 g/mol. The summed E-state index contributed by atoms with van der Waals surface area (Å²) in [5, 5.41) is 0. The summed E-state index contributed by atoms with van der Waals surface area (Å²) in [4.78, 5) is 14.4. The lowest BCUT2D eigenvalue weighted by Crippen LogP contribution is -2.51. The second-order valence-corrected chi connectivity index (χ2v) is 8.49. The van der Waals surface area contributed by atoms with Crippen molar-refractivity contribution in [2.45, 2.75) is 84.8 Å². The molecule has 2 rings (SSSR count).